The molecular weight excluding hydrogens is 767 g/mol. The summed E-state index contributed by atoms with van der Waals surface area (Å²) < 4.78 is 2.64. The van der Waals surface area contributed by atoms with Crippen molar-refractivity contribution in [1.29, 1.82) is 0 Å². The SMILES string of the molecule is CC1(C)c2ccccc2-c2cc(C3C=CC(N(c4ccccc4-c4ccc5sc6ccccc6c5c4)c4ccccc4-c4cccc5c4-c4ccccc4C5(C)C)=CC3)ccc21. The number of nitrogens with zero attached hydrogens (tertiary/aromatic N) is 1. The number of hydrogen-bond donors (Lipinski definition) is 0. The van der Waals surface area contributed by atoms with Crippen LogP contribution in [-0.2, 0) is 10.8 Å². The Hall–Kier alpha value is -6.74. The molecule has 0 fully saturated rings. The molecule has 3 aliphatic rings. The summed E-state index contributed by atoms with van der Waals surface area (Å²) >= 11 is 1.87. The smallest absolute Gasteiger partial charge is 0.0540 e. The number of fused-ring (bicyclic) bond motifs is 9. The van der Waals surface area contributed by atoms with Crippen molar-refractivity contribution in [3.8, 4) is 44.5 Å². The van der Waals surface area contributed by atoms with Gasteiger partial charge in [-0.15, -0.1) is 11.3 Å². The van der Waals surface area contributed by atoms with Gasteiger partial charge >= 0.3 is 0 Å². The van der Waals surface area contributed by atoms with E-state index in [0.717, 1.165) is 12.1 Å². The van der Waals surface area contributed by atoms with Crippen LogP contribution in [0.4, 0.5) is 11.4 Å². The van der Waals surface area contributed by atoms with Crippen LogP contribution in [-0.4, -0.2) is 0 Å². The van der Waals surface area contributed by atoms with Gasteiger partial charge in [0, 0.05) is 53.7 Å². The third kappa shape index (κ3) is 5.52. The number of allylic oxidation sites excluding steroid dienone is 3. The second-order valence-electron chi connectivity index (χ2n) is 18.4. The van der Waals surface area contributed by atoms with Crippen molar-refractivity contribution in [2.45, 2.75) is 50.9 Å². The molecule has 1 nitrogen and oxygen atoms in total. The van der Waals surface area contributed by atoms with E-state index in [1.54, 1.807) is 0 Å². The van der Waals surface area contributed by atoms with Crippen molar-refractivity contribution in [1.82, 2.24) is 0 Å². The lowest BCUT2D eigenvalue weighted by Gasteiger charge is -2.33. The number of thiophene rings is 1. The molecule has 1 unspecified atom stereocenters. The second-order valence-corrected chi connectivity index (χ2v) is 19.5. The van der Waals surface area contributed by atoms with Crippen LogP contribution in [0, 0.1) is 0 Å². The van der Waals surface area contributed by atoms with E-state index in [9.17, 15) is 0 Å². The van der Waals surface area contributed by atoms with Crippen LogP contribution in [0.15, 0.2) is 200 Å². The lowest BCUT2D eigenvalue weighted by Crippen LogP contribution is -2.19. The van der Waals surface area contributed by atoms with Gasteiger partial charge in [-0.3, -0.25) is 0 Å². The van der Waals surface area contributed by atoms with E-state index in [4.69, 9.17) is 0 Å². The fraction of sp³-hybridized carbons (Fsp3) is 0.133. The predicted octanol–water partition coefficient (Wildman–Crippen LogP) is 16.8. The van der Waals surface area contributed by atoms with Crippen molar-refractivity contribution in [2.75, 3.05) is 4.90 Å². The van der Waals surface area contributed by atoms with Crippen molar-refractivity contribution in [3.05, 3.63) is 228 Å². The molecule has 3 aliphatic carbocycles. The van der Waals surface area contributed by atoms with E-state index in [1.165, 1.54) is 104 Å². The van der Waals surface area contributed by atoms with Gasteiger partial charge in [0.05, 0.1) is 11.4 Å². The largest absolute Gasteiger partial charge is 0.310 e. The third-order valence-corrected chi connectivity index (χ3v) is 15.4. The van der Waals surface area contributed by atoms with Gasteiger partial charge in [-0.05, 0) is 104 Å². The summed E-state index contributed by atoms with van der Waals surface area (Å²) in [6, 6.07) is 66.1. The molecule has 1 heterocycles. The van der Waals surface area contributed by atoms with Gasteiger partial charge in [0.15, 0.2) is 0 Å². The predicted molar refractivity (Wildman–Crippen MR) is 265 cm³/mol. The molecule has 2 heteroatoms. The molecule has 9 aromatic rings. The first-order valence-electron chi connectivity index (χ1n) is 22.0. The van der Waals surface area contributed by atoms with Gasteiger partial charge in [-0.1, -0.05) is 185 Å². The molecule has 298 valence electrons. The standard InChI is InChI=1S/C60H47NS/c1-59(2)50-22-10-5-17-43(50)48-36-39(30-34-52(48)59)38-28-32-41(33-29-38)61(54-25-12-7-16-42(54)40-31-35-57-49(37-40)45-19-9-14-27-56(45)62-57)55-26-13-8-18-44(55)46-21-15-24-53-58(46)47-20-6-11-23-51(47)60(53,3)4/h5-28,30-38H,29H2,1-4H3. The number of anilines is 2. The first-order valence-corrected chi connectivity index (χ1v) is 22.9. The zero-order chi connectivity index (χ0) is 41.7. The number of rotatable bonds is 6. The monoisotopic (exact) mass is 813 g/mol. The molecule has 0 bridgehead atoms. The van der Waals surface area contributed by atoms with Crippen LogP contribution in [0.5, 0.6) is 0 Å². The minimum absolute atomic E-state index is 0.00102. The summed E-state index contributed by atoms with van der Waals surface area (Å²) in [4.78, 5) is 2.54. The highest BCUT2D eigenvalue weighted by Crippen LogP contribution is 2.55. The number of hydrogen-bond acceptors (Lipinski definition) is 2. The van der Waals surface area contributed by atoms with Gasteiger partial charge in [0.2, 0.25) is 0 Å². The maximum absolute atomic E-state index is 2.54. The van der Waals surface area contributed by atoms with Crippen LogP contribution in [0.25, 0.3) is 64.7 Å². The summed E-state index contributed by atoms with van der Waals surface area (Å²) in [6.07, 6.45) is 8.22. The Bertz CT molecular complexity index is 3350. The molecule has 0 amide bonds. The van der Waals surface area contributed by atoms with Gasteiger partial charge in [-0.2, -0.15) is 0 Å². The van der Waals surface area contributed by atoms with E-state index < -0.39 is 0 Å². The molecule has 0 radical (unpaired) electrons. The van der Waals surface area contributed by atoms with Crippen LogP contribution in [0.1, 0.15) is 67.9 Å². The molecular formula is C60H47NS. The van der Waals surface area contributed by atoms with Gasteiger partial charge in [0.1, 0.15) is 0 Å². The second kappa shape index (κ2) is 13.9. The van der Waals surface area contributed by atoms with Gasteiger partial charge in [-0.25, -0.2) is 0 Å². The first-order chi connectivity index (χ1) is 30.3. The van der Waals surface area contributed by atoms with Crippen LogP contribution in [0.3, 0.4) is 0 Å². The molecule has 0 N–H and O–H groups in total. The van der Waals surface area contributed by atoms with Crippen LogP contribution < -0.4 is 4.90 Å². The van der Waals surface area contributed by atoms with Crippen molar-refractivity contribution >= 4 is 42.9 Å². The highest BCUT2D eigenvalue weighted by Gasteiger charge is 2.38. The molecule has 0 saturated carbocycles. The topological polar surface area (TPSA) is 3.24 Å². The molecule has 62 heavy (non-hydrogen) atoms. The van der Waals surface area contributed by atoms with E-state index in [1.807, 2.05) is 11.3 Å². The Morgan fingerprint density at radius 2 is 1.06 bits per heavy atom. The molecule has 1 atom stereocenters. The van der Waals surface area contributed by atoms with Gasteiger partial charge < -0.3 is 4.90 Å². The molecule has 0 aliphatic heterocycles. The van der Waals surface area contributed by atoms with E-state index in [0.29, 0.717) is 0 Å². The maximum atomic E-state index is 2.54. The van der Waals surface area contributed by atoms with Crippen LogP contribution in [0.2, 0.25) is 0 Å². The zero-order valence-corrected chi connectivity index (χ0v) is 36.4. The lowest BCUT2D eigenvalue weighted by molar-refractivity contribution is 0.659. The summed E-state index contributed by atoms with van der Waals surface area (Å²) in [7, 11) is 0. The minimum Gasteiger partial charge on any atom is -0.310 e. The Morgan fingerprint density at radius 1 is 0.468 bits per heavy atom. The van der Waals surface area contributed by atoms with Crippen molar-refractivity contribution in [3.63, 3.8) is 0 Å². The Labute approximate surface area is 369 Å². The summed E-state index contributed by atoms with van der Waals surface area (Å²) in [6.45, 7) is 9.47. The molecule has 12 rings (SSSR count). The molecule has 1 aromatic heterocycles. The first kappa shape index (κ1) is 37.1. The average Bonchev–Trinajstić information content (AvgIpc) is 3.89. The van der Waals surface area contributed by atoms with E-state index in [-0.39, 0.29) is 16.7 Å². The van der Waals surface area contributed by atoms with E-state index in [2.05, 4.69) is 227 Å². The Morgan fingerprint density at radius 3 is 1.85 bits per heavy atom. The van der Waals surface area contributed by atoms with Crippen molar-refractivity contribution in [2.24, 2.45) is 0 Å². The highest BCUT2D eigenvalue weighted by atomic mass is 32.1. The zero-order valence-electron chi connectivity index (χ0n) is 35.6. The molecule has 0 saturated heterocycles. The highest BCUT2D eigenvalue weighted by molar-refractivity contribution is 7.25. The third-order valence-electron chi connectivity index (χ3n) is 14.2. The number of benzene rings is 8. The molecule has 8 aromatic carbocycles. The molecule has 0 spiro atoms. The number of para-hydroxylation sites is 2. The Balaban J connectivity index is 1.02. The van der Waals surface area contributed by atoms with Crippen molar-refractivity contribution < 1.29 is 0 Å². The minimum atomic E-state index is -0.0906. The maximum Gasteiger partial charge on any atom is 0.0540 e. The summed E-state index contributed by atoms with van der Waals surface area (Å²) in [5.41, 5.74) is 20.8. The summed E-state index contributed by atoms with van der Waals surface area (Å²) in [5, 5.41) is 2.63. The summed E-state index contributed by atoms with van der Waals surface area (Å²) in [5.74, 6) is 0.276. The fourth-order valence-electron chi connectivity index (χ4n) is 11.1. The Kier molecular flexibility index (Phi) is 8.30. The fourth-order valence-corrected chi connectivity index (χ4v) is 12.2. The normalized spacial score (nSPS) is 16.5. The van der Waals surface area contributed by atoms with Gasteiger partial charge in [0.25, 0.3) is 0 Å². The quantitative estimate of drug-likeness (QED) is 0.162. The lowest BCUT2D eigenvalue weighted by atomic mass is 9.81. The van der Waals surface area contributed by atoms with E-state index >= 15 is 0 Å². The average molecular weight is 814 g/mol. The van der Waals surface area contributed by atoms with Crippen LogP contribution >= 0.6 is 11.3 Å².